The fourth-order valence-electron chi connectivity index (χ4n) is 8.58. The molecule has 0 aliphatic heterocycles. The highest BCUT2D eigenvalue weighted by molar-refractivity contribution is 7.20. The van der Waals surface area contributed by atoms with Crippen molar-refractivity contribution in [2.45, 2.75) is 0 Å². The Morgan fingerprint density at radius 1 is 0.294 bits per heavy atom. The average Bonchev–Trinajstić information content (AvgIpc) is 3.72. The van der Waals surface area contributed by atoms with Crippen molar-refractivity contribution < 1.29 is 0 Å². The van der Waals surface area contributed by atoms with Crippen LogP contribution in [0.1, 0.15) is 0 Å². The first kappa shape index (κ1) is 29.5. The molecule has 2 aromatic heterocycles. The van der Waals surface area contributed by atoms with Crippen molar-refractivity contribution in [2.75, 3.05) is 0 Å². The van der Waals surface area contributed by atoms with Crippen molar-refractivity contribution in [2.24, 2.45) is 0 Å². The number of nitrogens with zero attached hydrogens (tertiary/aromatic N) is 2. The number of hydrogen-bond acceptors (Lipinski definition) is 0. The minimum atomic E-state index is -2.82. The molecule has 10 aromatic rings. The van der Waals surface area contributed by atoms with Crippen LogP contribution in [-0.4, -0.2) is 17.2 Å². The zero-order valence-corrected chi connectivity index (χ0v) is 29.0. The first-order valence-corrected chi connectivity index (χ1v) is 19.6. The van der Waals surface area contributed by atoms with Crippen LogP contribution < -0.4 is 20.7 Å². The summed E-state index contributed by atoms with van der Waals surface area (Å²) in [5.41, 5.74) is 7.23. The molecule has 2 heterocycles. The predicted octanol–water partition coefficient (Wildman–Crippen LogP) is 9.26. The van der Waals surface area contributed by atoms with E-state index in [4.69, 9.17) is 0 Å². The third kappa shape index (κ3) is 4.42. The molecule has 0 bridgehead atoms. The Hall–Kier alpha value is -6.42. The van der Waals surface area contributed by atoms with Crippen molar-refractivity contribution in [1.82, 2.24) is 9.13 Å². The molecule has 0 fully saturated rings. The molecule has 0 aliphatic rings. The molecule has 51 heavy (non-hydrogen) atoms. The maximum Gasteiger partial charge on any atom is 0.181 e. The van der Waals surface area contributed by atoms with Gasteiger partial charge in [0.05, 0.1) is 22.1 Å². The highest BCUT2D eigenvalue weighted by Gasteiger charge is 2.43. The number of hydrogen-bond donors (Lipinski definition) is 0. The number of aromatic nitrogens is 2. The van der Waals surface area contributed by atoms with Gasteiger partial charge >= 0.3 is 0 Å². The van der Waals surface area contributed by atoms with Crippen LogP contribution in [0.25, 0.3) is 55.0 Å². The molecule has 0 saturated heterocycles. The number of benzene rings is 8. The van der Waals surface area contributed by atoms with Crippen LogP contribution in [0, 0.1) is 0 Å². The van der Waals surface area contributed by atoms with E-state index in [-0.39, 0.29) is 0 Å². The van der Waals surface area contributed by atoms with Crippen LogP contribution in [-0.2, 0) is 0 Å². The minimum absolute atomic E-state index is 1.16. The van der Waals surface area contributed by atoms with E-state index in [1.165, 1.54) is 70.0 Å². The van der Waals surface area contributed by atoms with Gasteiger partial charge in [-0.05, 0) is 63.2 Å². The van der Waals surface area contributed by atoms with E-state index in [1.807, 2.05) is 0 Å². The quantitative estimate of drug-likeness (QED) is 0.124. The summed E-state index contributed by atoms with van der Waals surface area (Å²) < 4.78 is 4.94. The summed E-state index contributed by atoms with van der Waals surface area (Å²) >= 11 is 0. The van der Waals surface area contributed by atoms with Gasteiger partial charge in [0, 0.05) is 32.9 Å². The lowest BCUT2D eigenvalue weighted by Crippen LogP contribution is -2.75. The van der Waals surface area contributed by atoms with Crippen LogP contribution in [0.4, 0.5) is 0 Å². The minimum Gasteiger partial charge on any atom is -0.309 e. The van der Waals surface area contributed by atoms with Crippen LogP contribution >= 0.6 is 0 Å². The second kappa shape index (κ2) is 11.9. The average molecular weight is 667 g/mol. The Balaban J connectivity index is 1.30. The Labute approximate surface area is 298 Å². The van der Waals surface area contributed by atoms with Crippen LogP contribution in [0.15, 0.2) is 206 Å². The summed E-state index contributed by atoms with van der Waals surface area (Å²) in [6.45, 7) is 0. The molecule has 0 saturated carbocycles. The van der Waals surface area contributed by atoms with Gasteiger partial charge in [-0.15, -0.1) is 0 Å². The number of para-hydroxylation sites is 4. The van der Waals surface area contributed by atoms with E-state index < -0.39 is 8.07 Å². The molecule has 0 unspecified atom stereocenters. The van der Waals surface area contributed by atoms with E-state index in [2.05, 4.69) is 215 Å². The summed E-state index contributed by atoms with van der Waals surface area (Å²) in [5.74, 6) is 0. The molecule has 0 aliphatic carbocycles. The van der Waals surface area contributed by atoms with Gasteiger partial charge in [-0.25, -0.2) is 0 Å². The van der Waals surface area contributed by atoms with Gasteiger partial charge < -0.3 is 9.13 Å². The third-order valence-electron chi connectivity index (χ3n) is 10.7. The molecule has 0 radical (unpaired) electrons. The maximum atomic E-state index is 2.52. The topological polar surface area (TPSA) is 9.86 Å². The fraction of sp³-hybridized carbons (Fsp3) is 0. The summed E-state index contributed by atoms with van der Waals surface area (Å²) in [4.78, 5) is 0. The molecule has 10 rings (SSSR count). The fourth-order valence-corrected chi connectivity index (χ4v) is 13.5. The van der Waals surface area contributed by atoms with Gasteiger partial charge in [0.1, 0.15) is 0 Å². The molecule has 240 valence electrons. The Kier molecular flexibility index (Phi) is 6.86. The van der Waals surface area contributed by atoms with Crippen molar-refractivity contribution >= 4 is 72.4 Å². The molecular formula is C48H34N2Si. The van der Waals surface area contributed by atoms with Gasteiger partial charge in [0.25, 0.3) is 0 Å². The number of fused-ring (bicyclic) bond motifs is 6. The van der Waals surface area contributed by atoms with Crippen LogP contribution in [0.3, 0.4) is 0 Å². The zero-order chi connectivity index (χ0) is 33.8. The van der Waals surface area contributed by atoms with E-state index >= 15 is 0 Å². The van der Waals surface area contributed by atoms with E-state index in [0.717, 1.165) is 5.69 Å². The molecule has 3 heteroatoms. The van der Waals surface area contributed by atoms with Crippen molar-refractivity contribution in [3.8, 4) is 11.4 Å². The van der Waals surface area contributed by atoms with Crippen LogP contribution in [0.2, 0.25) is 0 Å². The summed E-state index contributed by atoms with van der Waals surface area (Å²) in [6, 6.07) is 76.2. The number of rotatable bonds is 6. The lowest BCUT2D eigenvalue weighted by atomic mass is 10.1. The summed E-state index contributed by atoms with van der Waals surface area (Å²) in [7, 11) is -2.82. The largest absolute Gasteiger partial charge is 0.309 e. The monoisotopic (exact) mass is 666 g/mol. The van der Waals surface area contributed by atoms with Crippen LogP contribution in [0.5, 0.6) is 0 Å². The van der Waals surface area contributed by atoms with Crippen molar-refractivity contribution in [3.63, 3.8) is 0 Å². The highest BCUT2D eigenvalue weighted by Crippen LogP contribution is 2.37. The second-order valence-corrected chi connectivity index (χ2v) is 17.1. The van der Waals surface area contributed by atoms with Crippen molar-refractivity contribution in [1.29, 1.82) is 0 Å². The molecule has 0 N–H and O–H groups in total. The molecular weight excluding hydrogens is 633 g/mol. The van der Waals surface area contributed by atoms with Gasteiger partial charge in [0.2, 0.25) is 0 Å². The van der Waals surface area contributed by atoms with Gasteiger partial charge in [-0.1, -0.05) is 164 Å². The first-order chi connectivity index (χ1) is 25.3. The van der Waals surface area contributed by atoms with E-state index in [0.29, 0.717) is 0 Å². The predicted molar refractivity (Wildman–Crippen MR) is 219 cm³/mol. The summed E-state index contributed by atoms with van der Waals surface area (Å²) in [6.07, 6.45) is 0. The molecule has 0 amide bonds. The first-order valence-electron chi connectivity index (χ1n) is 17.6. The van der Waals surface area contributed by atoms with Gasteiger partial charge in [-0.3, -0.25) is 0 Å². The molecule has 0 spiro atoms. The third-order valence-corrected chi connectivity index (χ3v) is 15.5. The van der Waals surface area contributed by atoms with Gasteiger partial charge in [-0.2, -0.15) is 0 Å². The zero-order valence-electron chi connectivity index (χ0n) is 28.0. The highest BCUT2D eigenvalue weighted by atomic mass is 28.3. The van der Waals surface area contributed by atoms with Crippen molar-refractivity contribution in [3.05, 3.63) is 206 Å². The second-order valence-electron chi connectivity index (χ2n) is 13.3. The smallest absolute Gasteiger partial charge is 0.181 e. The molecule has 0 atom stereocenters. The van der Waals surface area contributed by atoms with E-state index in [9.17, 15) is 0 Å². The lowest BCUT2D eigenvalue weighted by molar-refractivity contribution is 1.17. The SMILES string of the molecule is c1ccc([Si](c2ccccc2)(c2ccccc2)c2ccccc2-n2c3ccccc3c3cc(-n4c5ccccc5c5ccccc54)ccc32)cc1. The Bertz CT molecular complexity index is 2700. The van der Waals surface area contributed by atoms with E-state index in [1.54, 1.807) is 0 Å². The Morgan fingerprint density at radius 3 is 1.22 bits per heavy atom. The normalized spacial score (nSPS) is 11.9. The molecule has 8 aromatic carbocycles. The molecule has 2 nitrogen and oxygen atoms in total. The Morgan fingerprint density at radius 2 is 0.686 bits per heavy atom. The summed E-state index contributed by atoms with van der Waals surface area (Å²) in [5, 5.41) is 10.5. The maximum absolute atomic E-state index is 2.82. The standard InChI is InChI=1S/C48H34N2Si/c1-4-18-36(19-5-1)51(37-20-6-2-7-21-37,38-22-8-3-9-23-38)48-31-17-16-30-47(48)50-45-29-15-12-26-41(45)42-34-35(32-33-46(42)50)49-43-27-13-10-24-39(43)40-25-11-14-28-44(40)49/h1-34H. The van der Waals surface area contributed by atoms with Gasteiger partial charge in [0.15, 0.2) is 8.07 Å². The lowest BCUT2D eigenvalue weighted by Gasteiger charge is -2.36.